The zero-order valence-corrected chi connectivity index (χ0v) is 9.16. The molecule has 1 heterocycles. The first kappa shape index (κ1) is 9.57. The van der Waals surface area contributed by atoms with Gasteiger partial charge in [-0.1, -0.05) is 31.5 Å². The average molecular weight is 189 g/mol. The van der Waals surface area contributed by atoms with E-state index in [0.717, 1.165) is 0 Å². The Labute approximate surface area is 86.7 Å². The SMILES string of the molecule is CCCC(C)N1CCc2ccccc21. The van der Waals surface area contributed by atoms with Crippen molar-refractivity contribution in [2.75, 3.05) is 11.4 Å². The number of rotatable bonds is 3. The van der Waals surface area contributed by atoms with Crippen molar-refractivity contribution in [1.29, 1.82) is 0 Å². The number of benzene rings is 1. The van der Waals surface area contributed by atoms with Gasteiger partial charge in [0.25, 0.3) is 0 Å². The molecular formula is C13H19N. The second-order valence-corrected chi connectivity index (χ2v) is 4.21. The molecule has 0 aliphatic carbocycles. The molecule has 0 spiro atoms. The van der Waals surface area contributed by atoms with E-state index < -0.39 is 0 Å². The van der Waals surface area contributed by atoms with E-state index >= 15 is 0 Å². The predicted octanol–water partition coefficient (Wildman–Crippen LogP) is 3.24. The van der Waals surface area contributed by atoms with E-state index in [-0.39, 0.29) is 0 Å². The largest absolute Gasteiger partial charge is 0.368 e. The lowest BCUT2D eigenvalue weighted by atomic mass is 10.1. The van der Waals surface area contributed by atoms with Crippen LogP contribution in [-0.2, 0) is 6.42 Å². The second-order valence-electron chi connectivity index (χ2n) is 4.21. The van der Waals surface area contributed by atoms with Gasteiger partial charge in [-0.25, -0.2) is 0 Å². The van der Waals surface area contributed by atoms with Crippen LogP contribution in [0.5, 0.6) is 0 Å². The average Bonchev–Trinajstić information content (AvgIpc) is 2.61. The molecule has 1 aromatic rings. The number of nitrogens with zero attached hydrogens (tertiary/aromatic N) is 1. The standard InChI is InChI=1S/C13H19N/c1-3-6-11(2)14-10-9-12-7-4-5-8-13(12)14/h4-5,7-8,11H,3,6,9-10H2,1-2H3. The minimum absolute atomic E-state index is 0.698. The van der Waals surface area contributed by atoms with Crippen LogP contribution in [0.1, 0.15) is 32.3 Å². The maximum Gasteiger partial charge on any atom is 0.0401 e. The summed E-state index contributed by atoms with van der Waals surface area (Å²) in [4.78, 5) is 2.55. The first-order valence-corrected chi connectivity index (χ1v) is 5.67. The number of anilines is 1. The zero-order chi connectivity index (χ0) is 9.97. The monoisotopic (exact) mass is 189 g/mol. The summed E-state index contributed by atoms with van der Waals surface area (Å²) < 4.78 is 0. The van der Waals surface area contributed by atoms with Gasteiger partial charge < -0.3 is 4.90 Å². The van der Waals surface area contributed by atoms with Gasteiger partial charge in [-0.2, -0.15) is 0 Å². The molecule has 1 aromatic carbocycles. The molecule has 14 heavy (non-hydrogen) atoms. The molecule has 0 aromatic heterocycles. The summed E-state index contributed by atoms with van der Waals surface area (Å²) in [6.45, 7) is 5.81. The first-order chi connectivity index (χ1) is 6.83. The van der Waals surface area contributed by atoms with Crippen LogP contribution in [0.2, 0.25) is 0 Å². The van der Waals surface area contributed by atoms with Gasteiger partial charge >= 0.3 is 0 Å². The van der Waals surface area contributed by atoms with Gasteiger partial charge in [0.15, 0.2) is 0 Å². The van der Waals surface area contributed by atoms with E-state index in [1.54, 1.807) is 0 Å². The van der Waals surface area contributed by atoms with Gasteiger partial charge in [-0.05, 0) is 31.4 Å². The Morgan fingerprint density at radius 1 is 1.36 bits per heavy atom. The van der Waals surface area contributed by atoms with E-state index in [1.807, 2.05) is 0 Å². The van der Waals surface area contributed by atoms with Gasteiger partial charge in [0.05, 0.1) is 0 Å². The summed E-state index contributed by atoms with van der Waals surface area (Å²) in [5.74, 6) is 0. The van der Waals surface area contributed by atoms with E-state index in [2.05, 4.69) is 43.0 Å². The van der Waals surface area contributed by atoms with Crippen LogP contribution in [0, 0.1) is 0 Å². The lowest BCUT2D eigenvalue weighted by molar-refractivity contribution is 0.595. The third-order valence-corrected chi connectivity index (χ3v) is 3.16. The van der Waals surface area contributed by atoms with Gasteiger partial charge in [0.2, 0.25) is 0 Å². The Balaban J connectivity index is 2.17. The quantitative estimate of drug-likeness (QED) is 0.705. The highest BCUT2D eigenvalue weighted by Gasteiger charge is 2.21. The highest BCUT2D eigenvalue weighted by molar-refractivity contribution is 5.58. The summed E-state index contributed by atoms with van der Waals surface area (Å²) in [7, 11) is 0. The zero-order valence-electron chi connectivity index (χ0n) is 9.16. The maximum atomic E-state index is 2.55. The number of hydrogen-bond donors (Lipinski definition) is 0. The van der Waals surface area contributed by atoms with Crippen LogP contribution in [0.3, 0.4) is 0 Å². The molecule has 0 saturated carbocycles. The molecule has 0 radical (unpaired) electrons. The summed E-state index contributed by atoms with van der Waals surface area (Å²) >= 11 is 0. The molecule has 1 atom stereocenters. The third-order valence-electron chi connectivity index (χ3n) is 3.16. The molecule has 1 heteroatoms. The maximum absolute atomic E-state index is 2.55. The summed E-state index contributed by atoms with van der Waals surface area (Å²) in [5, 5.41) is 0. The molecule has 1 aliphatic rings. The first-order valence-electron chi connectivity index (χ1n) is 5.67. The van der Waals surface area contributed by atoms with Gasteiger partial charge in [0.1, 0.15) is 0 Å². The number of para-hydroxylation sites is 1. The Bertz CT molecular complexity index is 306. The Kier molecular flexibility index (Phi) is 2.76. The number of hydrogen-bond acceptors (Lipinski definition) is 1. The fourth-order valence-electron chi connectivity index (χ4n) is 2.40. The van der Waals surface area contributed by atoms with Crippen LogP contribution in [-0.4, -0.2) is 12.6 Å². The van der Waals surface area contributed by atoms with Gasteiger partial charge in [0, 0.05) is 18.3 Å². The molecule has 1 nitrogen and oxygen atoms in total. The van der Waals surface area contributed by atoms with E-state index in [0.29, 0.717) is 6.04 Å². The van der Waals surface area contributed by atoms with Crippen LogP contribution in [0.25, 0.3) is 0 Å². The van der Waals surface area contributed by atoms with E-state index in [4.69, 9.17) is 0 Å². The van der Waals surface area contributed by atoms with Crippen molar-refractivity contribution in [2.24, 2.45) is 0 Å². The van der Waals surface area contributed by atoms with Crippen LogP contribution in [0.4, 0.5) is 5.69 Å². The Morgan fingerprint density at radius 2 is 2.14 bits per heavy atom. The van der Waals surface area contributed by atoms with Gasteiger partial charge in [-0.3, -0.25) is 0 Å². The Hall–Kier alpha value is -0.980. The summed E-state index contributed by atoms with van der Waals surface area (Å²) in [5.41, 5.74) is 2.99. The molecule has 0 amide bonds. The van der Waals surface area contributed by atoms with E-state index in [9.17, 15) is 0 Å². The third kappa shape index (κ3) is 1.63. The number of fused-ring (bicyclic) bond motifs is 1. The topological polar surface area (TPSA) is 3.24 Å². The smallest absolute Gasteiger partial charge is 0.0401 e. The van der Waals surface area contributed by atoms with Crippen molar-refractivity contribution in [2.45, 2.75) is 39.2 Å². The molecule has 2 rings (SSSR count). The molecule has 76 valence electrons. The highest BCUT2D eigenvalue weighted by Crippen LogP contribution is 2.29. The molecule has 1 unspecified atom stereocenters. The van der Waals surface area contributed by atoms with Crippen LogP contribution in [0.15, 0.2) is 24.3 Å². The minimum atomic E-state index is 0.698. The highest BCUT2D eigenvalue weighted by atomic mass is 15.2. The summed E-state index contributed by atoms with van der Waals surface area (Å²) in [6, 6.07) is 9.51. The molecule has 1 aliphatic heterocycles. The van der Waals surface area contributed by atoms with Crippen molar-refractivity contribution in [3.63, 3.8) is 0 Å². The molecule has 0 bridgehead atoms. The minimum Gasteiger partial charge on any atom is -0.368 e. The lowest BCUT2D eigenvalue weighted by Crippen LogP contribution is -2.30. The predicted molar refractivity (Wildman–Crippen MR) is 61.9 cm³/mol. The molecule has 0 fully saturated rings. The van der Waals surface area contributed by atoms with Crippen molar-refractivity contribution in [1.82, 2.24) is 0 Å². The summed E-state index contributed by atoms with van der Waals surface area (Å²) in [6.07, 6.45) is 3.80. The van der Waals surface area contributed by atoms with Gasteiger partial charge in [-0.15, -0.1) is 0 Å². The van der Waals surface area contributed by atoms with Crippen LogP contribution < -0.4 is 4.90 Å². The van der Waals surface area contributed by atoms with Crippen molar-refractivity contribution >= 4 is 5.69 Å². The molecule has 0 saturated heterocycles. The van der Waals surface area contributed by atoms with Crippen molar-refractivity contribution in [3.8, 4) is 0 Å². The molecule has 0 N–H and O–H groups in total. The van der Waals surface area contributed by atoms with Crippen molar-refractivity contribution in [3.05, 3.63) is 29.8 Å². The van der Waals surface area contributed by atoms with Crippen LogP contribution >= 0.6 is 0 Å². The van der Waals surface area contributed by atoms with Crippen molar-refractivity contribution < 1.29 is 0 Å². The molecular weight excluding hydrogens is 170 g/mol. The fourth-order valence-corrected chi connectivity index (χ4v) is 2.40. The second kappa shape index (κ2) is 4.04. The fraction of sp³-hybridized carbons (Fsp3) is 0.538. The van der Waals surface area contributed by atoms with E-state index in [1.165, 1.54) is 37.1 Å². The lowest BCUT2D eigenvalue weighted by Gasteiger charge is -2.27. The normalized spacial score (nSPS) is 16.9. The Morgan fingerprint density at radius 3 is 2.93 bits per heavy atom.